The Balaban J connectivity index is 0.00000300. The summed E-state index contributed by atoms with van der Waals surface area (Å²) in [5.74, 6) is -0.434. The number of hydrogen-bond acceptors (Lipinski definition) is 7. The standard InChI is InChI=1S/C34H26N6O2.K/c1-18-6-7-19(2)40(18)28-5-3-4-25(35-28)26-14-12-20-8-10-22-16-24-17-23-11-9-21-13-15-27(34(41)42)37-30(21)32(23)39-33(24)38-31(22)29(20)36-26;/h3-7,12-17H,8-11H2,1-2H3,(H,41,42);/q;+1/p-1. The molecule has 9 heteroatoms. The van der Waals surface area contributed by atoms with Gasteiger partial charge in [-0.25, -0.2) is 24.9 Å². The van der Waals surface area contributed by atoms with Crippen molar-refractivity contribution in [3.63, 3.8) is 0 Å². The van der Waals surface area contributed by atoms with Crippen molar-refractivity contribution in [1.29, 1.82) is 0 Å². The Bertz CT molecular complexity index is 2100. The Hall–Kier alpha value is -3.60. The van der Waals surface area contributed by atoms with Gasteiger partial charge in [0.1, 0.15) is 5.82 Å². The smallest absolute Gasteiger partial charge is 0.543 e. The summed E-state index contributed by atoms with van der Waals surface area (Å²) in [6, 6.07) is 22.0. The van der Waals surface area contributed by atoms with Crippen molar-refractivity contribution in [2.75, 3.05) is 0 Å². The number of pyridine rings is 5. The molecule has 8 nitrogen and oxygen atoms in total. The predicted molar refractivity (Wildman–Crippen MR) is 157 cm³/mol. The molecule has 0 aromatic carbocycles. The van der Waals surface area contributed by atoms with Crippen molar-refractivity contribution in [1.82, 2.24) is 29.5 Å². The van der Waals surface area contributed by atoms with E-state index in [9.17, 15) is 9.90 Å². The zero-order valence-electron chi connectivity index (χ0n) is 24.2. The molecule has 0 saturated heterocycles. The van der Waals surface area contributed by atoms with Crippen molar-refractivity contribution in [3.8, 4) is 40.0 Å². The zero-order valence-corrected chi connectivity index (χ0v) is 27.3. The summed E-state index contributed by atoms with van der Waals surface area (Å²) in [5.41, 5.74) is 11.7. The summed E-state index contributed by atoms with van der Waals surface area (Å²) < 4.78 is 2.14. The number of nitrogens with zero attached hydrogens (tertiary/aromatic N) is 6. The second kappa shape index (κ2) is 10.8. The van der Waals surface area contributed by atoms with Crippen LogP contribution in [0.1, 0.15) is 44.1 Å². The molecule has 0 atom stereocenters. The van der Waals surface area contributed by atoms with E-state index in [0.717, 1.165) is 93.3 Å². The monoisotopic (exact) mass is 588 g/mol. The SMILES string of the molecule is Cc1ccc(C)n1-c1cccc(-c2ccc3c(n2)-c2nc4nc5c(cc4cc2CC3)CCc2ccc(C(=O)[O-])nc2-5)n1.[K+]. The molecule has 0 saturated carbocycles. The number of fused-ring (bicyclic) bond motifs is 7. The maximum atomic E-state index is 11.5. The maximum Gasteiger partial charge on any atom is 1.00 e. The van der Waals surface area contributed by atoms with Gasteiger partial charge in [-0.1, -0.05) is 18.2 Å². The van der Waals surface area contributed by atoms with Crippen LogP contribution in [0.25, 0.3) is 51.0 Å². The van der Waals surface area contributed by atoms with Gasteiger partial charge in [-0.15, -0.1) is 0 Å². The molecule has 0 bridgehead atoms. The molecule has 0 N–H and O–H groups in total. The van der Waals surface area contributed by atoms with Crippen LogP contribution in [0.3, 0.4) is 0 Å². The second-order valence-corrected chi connectivity index (χ2v) is 11.1. The first-order chi connectivity index (χ1) is 20.4. The molecule has 43 heavy (non-hydrogen) atoms. The van der Waals surface area contributed by atoms with Gasteiger partial charge < -0.3 is 14.5 Å². The summed E-state index contributed by atoms with van der Waals surface area (Å²) in [6.07, 6.45) is 3.37. The largest absolute Gasteiger partial charge is 1.00 e. The number of carbonyl (C=O) groups excluding carboxylic acids is 1. The number of carboxylic acids is 1. The topological polar surface area (TPSA) is 110 Å². The number of aryl methyl sites for hydroxylation is 6. The summed E-state index contributed by atoms with van der Waals surface area (Å²) in [7, 11) is 0. The molecule has 0 fully saturated rings. The van der Waals surface area contributed by atoms with Crippen LogP contribution in [-0.2, 0) is 25.7 Å². The second-order valence-electron chi connectivity index (χ2n) is 11.1. The molecule has 0 spiro atoms. The molecule has 6 aromatic rings. The molecular weight excluding hydrogens is 564 g/mol. The Labute approximate surface area is 290 Å². The van der Waals surface area contributed by atoms with Gasteiger partial charge in [0.25, 0.3) is 0 Å². The fourth-order valence-electron chi connectivity index (χ4n) is 6.29. The number of rotatable bonds is 3. The Morgan fingerprint density at radius 1 is 0.651 bits per heavy atom. The van der Waals surface area contributed by atoms with Crippen molar-refractivity contribution in [2.45, 2.75) is 39.5 Å². The first-order valence-corrected chi connectivity index (χ1v) is 14.1. The Morgan fingerprint density at radius 3 is 1.86 bits per heavy atom. The van der Waals surface area contributed by atoms with Crippen LogP contribution in [0.4, 0.5) is 0 Å². The summed E-state index contributed by atoms with van der Waals surface area (Å²) in [4.78, 5) is 36.0. The Kier molecular flexibility index (Phi) is 7.10. The van der Waals surface area contributed by atoms with Gasteiger partial charge in [0.15, 0.2) is 5.65 Å². The molecule has 204 valence electrons. The molecule has 0 unspecified atom stereocenters. The number of aromatic nitrogens is 6. The van der Waals surface area contributed by atoms with Gasteiger partial charge in [-0.2, -0.15) is 0 Å². The number of aromatic carboxylic acids is 1. The van der Waals surface area contributed by atoms with E-state index < -0.39 is 5.97 Å². The molecule has 2 aliphatic carbocycles. The molecule has 2 aliphatic rings. The zero-order chi connectivity index (χ0) is 28.5. The summed E-state index contributed by atoms with van der Waals surface area (Å²) >= 11 is 0. The molecule has 6 heterocycles. The van der Waals surface area contributed by atoms with E-state index in [0.29, 0.717) is 17.0 Å². The Morgan fingerprint density at radius 2 is 1.21 bits per heavy atom. The van der Waals surface area contributed by atoms with Crippen LogP contribution >= 0.6 is 0 Å². The molecule has 8 rings (SSSR count). The molecule has 6 aromatic heterocycles. The third-order valence-electron chi connectivity index (χ3n) is 8.40. The summed E-state index contributed by atoms with van der Waals surface area (Å²) in [5, 5.41) is 12.5. The minimum Gasteiger partial charge on any atom is -0.543 e. The van der Waals surface area contributed by atoms with E-state index >= 15 is 0 Å². The molecule has 0 radical (unpaired) electrons. The van der Waals surface area contributed by atoms with E-state index in [2.05, 4.69) is 53.7 Å². The average Bonchev–Trinajstić information content (AvgIpc) is 3.35. The van der Waals surface area contributed by atoms with Gasteiger partial charge in [-0.3, -0.25) is 0 Å². The van der Waals surface area contributed by atoms with Crippen molar-refractivity contribution >= 4 is 17.0 Å². The first kappa shape index (κ1) is 28.2. The van der Waals surface area contributed by atoms with Gasteiger partial charge in [0.05, 0.1) is 45.8 Å². The minimum atomic E-state index is -1.30. The number of hydrogen-bond donors (Lipinski definition) is 0. The van der Waals surface area contributed by atoms with E-state index in [1.165, 1.54) is 6.07 Å². The van der Waals surface area contributed by atoms with Crippen LogP contribution in [0.5, 0.6) is 0 Å². The van der Waals surface area contributed by atoms with Crippen molar-refractivity contribution in [3.05, 3.63) is 106 Å². The fraction of sp³-hybridized carbons (Fsp3) is 0.176. The van der Waals surface area contributed by atoms with Crippen LogP contribution in [0.2, 0.25) is 0 Å². The minimum absolute atomic E-state index is 0. The van der Waals surface area contributed by atoms with Gasteiger partial charge in [0, 0.05) is 16.8 Å². The van der Waals surface area contributed by atoms with E-state index in [1.807, 2.05) is 30.3 Å². The molecular formula is C34H25KN6O2. The van der Waals surface area contributed by atoms with E-state index in [4.69, 9.17) is 19.9 Å². The van der Waals surface area contributed by atoms with Gasteiger partial charge in [-0.05, 0) is 110 Å². The number of carbonyl (C=O) groups is 1. The molecule has 0 aliphatic heterocycles. The third-order valence-corrected chi connectivity index (χ3v) is 8.40. The predicted octanol–water partition coefficient (Wildman–Crippen LogP) is 1.79. The fourth-order valence-corrected chi connectivity index (χ4v) is 6.29. The average molecular weight is 589 g/mol. The number of carboxylic acid groups (broad SMARTS) is 1. The van der Waals surface area contributed by atoms with Crippen molar-refractivity contribution in [2.24, 2.45) is 0 Å². The maximum absolute atomic E-state index is 11.5. The normalized spacial score (nSPS) is 13.0. The molecule has 0 amide bonds. The van der Waals surface area contributed by atoms with Crippen LogP contribution in [-0.4, -0.2) is 35.5 Å². The van der Waals surface area contributed by atoms with Crippen LogP contribution in [0, 0.1) is 13.8 Å². The van der Waals surface area contributed by atoms with Crippen molar-refractivity contribution < 1.29 is 61.3 Å². The third kappa shape index (κ3) is 4.76. The van der Waals surface area contributed by atoms with E-state index in [-0.39, 0.29) is 57.1 Å². The quantitative estimate of drug-likeness (QED) is 0.290. The first-order valence-electron chi connectivity index (χ1n) is 14.1. The van der Waals surface area contributed by atoms with Gasteiger partial charge >= 0.3 is 51.4 Å². The van der Waals surface area contributed by atoms with Crippen LogP contribution in [0.15, 0.2) is 66.7 Å². The van der Waals surface area contributed by atoms with Crippen LogP contribution < -0.4 is 56.5 Å². The van der Waals surface area contributed by atoms with E-state index in [1.54, 1.807) is 0 Å². The van der Waals surface area contributed by atoms with Gasteiger partial charge in [0.2, 0.25) is 0 Å². The summed E-state index contributed by atoms with van der Waals surface area (Å²) in [6.45, 7) is 4.15.